The summed E-state index contributed by atoms with van der Waals surface area (Å²) in [6, 6.07) is 28.4. The van der Waals surface area contributed by atoms with Crippen LogP contribution in [0.4, 0.5) is 5.69 Å². The zero-order chi connectivity index (χ0) is 32.4. The van der Waals surface area contributed by atoms with Gasteiger partial charge in [-0.2, -0.15) is 0 Å². The average molecular weight is 667 g/mol. The fourth-order valence-electron chi connectivity index (χ4n) is 4.93. The number of anilines is 1. The molecule has 0 saturated heterocycles. The minimum atomic E-state index is -4.21. The normalized spacial score (nSPS) is 11.9. The molecule has 4 aromatic rings. The van der Waals surface area contributed by atoms with Crippen LogP contribution in [-0.2, 0) is 32.6 Å². The van der Waals surface area contributed by atoms with Gasteiger partial charge in [0.2, 0.25) is 11.8 Å². The van der Waals surface area contributed by atoms with Crippen LogP contribution in [0.15, 0.2) is 108 Å². The molecular formula is C35H37Cl2N3O4S. The fraction of sp³-hybridized carbons (Fsp3) is 0.257. The molecule has 0 aliphatic rings. The predicted octanol–water partition coefficient (Wildman–Crippen LogP) is 7.05. The SMILES string of the molecule is CCCCNC(=O)C(Cc1ccccc1)N(Cc1ccc(Cl)cc1)C(=O)CN(c1cc(Cl)ccc1C)S(=O)(=O)c1ccccc1. The first-order valence-electron chi connectivity index (χ1n) is 14.8. The number of amides is 2. The van der Waals surface area contributed by atoms with Crippen LogP contribution in [-0.4, -0.2) is 44.3 Å². The Morgan fingerprint density at radius 2 is 1.44 bits per heavy atom. The number of sulfonamides is 1. The lowest BCUT2D eigenvalue weighted by Gasteiger charge is -2.34. The molecule has 0 fully saturated rings. The van der Waals surface area contributed by atoms with Gasteiger partial charge >= 0.3 is 0 Å². The van der Waals surface area contributed by atoms with E-state index in [9.17, 15) is 18.0 Å². The lowest BCUT2D eigenvalue weighted by Crippen LogP contribution is -2.53. The fourth-order valence-corrected chi connectivity index (χ4v) is 6.71. The monoisotopic (exact) mass is 665 g/mol. The van der Waals surface area contributed by atoms with E-state index in [1.54, 1.807) is 61.5 Å². The number of hydrogen-bond donors (Lipinski definition) is 1. The van der Waals surface area contributed by atoms with Crippen LogP contribution in [0.3, 0.4) is 0 Å². The van der Waals surface area contributed by atoms with E-state index < -0.39 is 28.5 Å². The number of hydrogen-bond acceptors (Lipinski definition) is 4. The van der Waals surface area contributed by atoms with Gasteiger partial charge in [0.25, 0.3) is 10.0 Å². The van der Waals surface area contributed by atoms with Crippen molar-refractivity contribution < 1.29 is 18.0 Å². The molecule has 0 heterocycles. The second-order valence-corrected chi connectivity index (χ2v) is 13.5. The Balaban J connectivity index is 1.81. The molecule has 2 amide bonds. The van der Waals surface area contributed by atoms with Crippen LogP contribution in [0.5, 0.6) is 0 Å². The number of nitrogens with one attached hydrogen (secondary N) is 1. The lowest BCUT2D eigenvalue weighted by molar-refractivity contribution is -0.140. The minimum Gasteiger partial charge on any atom is -0.354 e. The standard InChI is InChI=1S/C35H37Cl2N3O4S/c1-3-4-21-38-35(42)33(22-27-11-7-5-8-12-27)39(24-28-16-19-29(36)20-17-28)34(41)25-40(32-23-30(37)18-15-26(32)2)45(43,44)31-13-9-6-10-14-31/h5-20,23,33H,3-4,21-22,24-25H2,1-2H3,(H,38,42). The van der Waals surface area contributed by atoms with E-state index in [1.807, 2.05) is 37.3 Å². The number of carbonyl (C=O) groups is 2. The predicted molar refractivity (Wildman–Crippen MR) is 181 cm³/mol. The summed E-state index contributed by atoms with van der Waals surface area (Å²) in [7, 11) is -4.21. The number of rotatable bonds is 14. The molecule has 0 radical (unpaired) electrons. The Kier molecular flexibility index (Phi) is 12.0. The first-order valence-corrected chi connectivity index (χ1v) is 17.0. The van der Waals surface area contributed by atoms with Crippen LogP contribution < -0.4 is 9.62 Å². The molecular weight excluding hydrogens is 629 g/mol. The van der Waals surface area contributed by atoms with E-state index in [0.29, 0.717) is 22.2 Å². The van der Waals surface area contributed by atoms with E-state index in [0.717, 1.165) is 28.3 Å². The van der Waals surface area contributed by atoms with Gasteiger partial charge in [0.15, 0.2) is 0 Å². The molecule has 0 aliphatic carbocycles. The van der Waals surface area contributed by atoms with E-state index in [1.165, 1.54) is 23.1 Å². The van der Waals surface area contributed by atoms with Crippen LogP contribution in [0.2, 0.25) is 10.0 Å². The smallest absolute Gasteiger partial charge is 0.264 e. The van der Waals surface area contributed by atoms with Crippen molar-refractivity contribution in [3.05, 3.63) is 130 Å². The van der Waals surface area contributed by atoms with Crippen molar-refractivity contribution in [2.24, 2.45) is 0 Å². The first kappa shape index (κ1) is 34.0. The van der Waals surface area contributed by atoms with Gasteiger partial charge in [-0.1, -0.05) is 103 Å². The van der Waals surface area contributed by atoms with Gasteiger partial charge in [0.1, 0.15) is 12.6 Å². The Morgan fingerprint density at radius 3 is 2.09 bits per heavy atom. The molecule has 0 spiro atoms. The van der Waals surface area contributed by atoms with Gasteiger partial charge in [-0.05, 0) is 66.4 Å². The molecule has 0 saturated carbocycles. The zero-order valence-corrected chi connectivity index (χ0v) is 27.7. The van der Waals surface area contributed by atoms with Gasteiger partial charge in [-0.25, -0.2) is 8.42 Å². The highest BCUT2D eigenvalue weighted by Crippen LogP contribution is 2.30. The quantitative estimate of drug-likeness (QED) is 0.146. The third-order valence-corrected chi connectivity index (χ3v) is 9.68. The van der Waals surface area contributed by atoms with Crippen LogP contribution >= 0.6 is 23.2 Å². The Bertz CT molecular complexity index is 1690. The number of benzene rings is 4. The molecule has 10 heteroatoms. The van der Waals surface area contributed by atoms with Crippen LogP contribution in [0.1, 0.15) is 36.5 Å². The van der Waals surface area contributed by atoms with E-state index in [4.69, 9.17) is 23.2 Å². The molecule has 0 aromatic heterocycles. The largest absolute Gasteiger partial charge is 0.354 e. The molecule has 1 unspecified atom stereocenters. The summed E-state index contributed by atoms with van der Waals surface area (Å²) >= 11 is 12.5. The van der Waals surface area contributed by atoms with Crippen molar-refractivity contribution in [3.63, 3.8) is 0 Å². The highest BCUT2D eigenvalue weighted by molar-refractivity contribution is 7.92. The molecule has 1 N–H and O–H groups in total. The molecule has 45 heavy (non-hydrogen) atoms. The molecule has 7 nitrogen and oxygen atoms in total. The summed E-state index contributed by atoms with van der Waals surface area (Å²) in [5.74, 6) is -0.860. The van der Waals surface area contributed by atoms with Gasteiger partial charge in [0, 0.05) is 29.6 Å². The second kappa shape index (κ2) is 15.9. The third-order valence-electron chi connectivity index (χ3n) is 7.42. The van der Waals surface area contributed by atoms with Crippen LogP contribution in [0, 0.1) is 6.92 Å². The van der Waals surface area contributed by atoms with Gasteiger partial charge < -0.3 is 10.2 Å². The topological polar surface area (TPSA) is 86.8 Å². The third kappa shape index (κ3) is 9.10. The van der Waals surface area contributed by atoms with E-state index >= 15 is 0 Å². The van der Waals surface area contributed by atoms with E-state index in [-0.39, 0.29) is 29.5 Å². The summed E-state index contributed by atoms with van der Waals surface area (Å²) in [6.45, 7) is 3.75. The molecule has 236 valence electrons. The van der Waals surface area contributed by atoms with Crippen LogP contribution in [0.25, 0.3) is 0 Å². The summed E-state index contributed by atoms with van der Waals surface area (Å²) in [5, 5.41) is 3.85. The average Bonchev–Trinajstić information content (AvgIpc) is 3.04. The van der Waals surface area contributed by atoms with Crippen molar-refractivity contribution in [1.29, 1.82) is 0 Å². The molecule has 0 aliphatic heterocycles. The second-order valence-electron chi connectivity index (χ2n) is 10.8. The van der Waals surface area contributed by atoms with Gasteiger partial charge in [-0.3, -0.25) is 13.9 Å². The molecule has 4 rings (SSSR count). The Labute approximate surface area is 275 Å². The number of carbonyl (C=O) groups excluding carboxylic acids is 2. The van der Waals surface area contributed by atoms with E-state index in [2.05, 4.69) is 5.32 Å². The summed E-state index contributed by atoms with van der Waals surface area (Å²) in [5.41, 5.74) is 2.50. The molecule has 1 atom stereocenters. The highest BCUT2D eigenvalue weighted by Gasteiger charge is 2.35. The number of unbranched alkanes of at least 4 members (excludes halogenated alkanes) is 1. The number of nitrogens with zero attached hydrogens (tertiary/aromatic N) is 2. The number of halogens is 2. The van der Waals surface area contributed by atoms with Crippen molar-refractivity contribution in [1.82, 2.24) is 10.2 Å². The van der Waals surface area contributed by atoms with Crippen molar-refractivity contribution in [2.45, 2.75) is 50.6 Å². The van der Waals surface area contributed by atoms with Gasteiger partial charge in [0.05, 0.1) is 10.6 Å². The number of aryl methyl sites for hydroxylation is 1. The summed E-state index contributed by atoms with van der Waals surface area (Å²) in [4.78, 5) is 29.8. The van der Waals surface area contributed by atoms with Crippen molar-refractivity contribution in [3.8, 4) is 0 Å². The molecule has 0 bridgehead atoms. The maximum absolute atomic E-state index is 14.5. The summed E-state index contributed by atoms with van der Waals surface area (Å²) in [6.07, 6.45) is 1.91. The molecule has 4 aromatic carbocycles. The minimum absolute atomic E-state index is 0.0274. The summed E-state index contributed by atoms with van der Waals surface area (Å²) < 4.78 is 29.4. The lowest BCUT2D eigenvalue weighted by atomic mass is 10.0. The van der Waals surface area contributed by atoms with Crippen molar-refractivity contribution in [2.75, 3.05) is 17.4 Å². The highest BCUT2D eigenvalue weighted by atomic mass is 35.5. The van der Waals surface area contributed by atoms with Crippen molar-refractivity contribution >= 4 is 50.7 Å². The maximum Gasteiger partial charge on any atom is 0.264 e. The van der Waals surface area contributed by atoms with Gasteiger partial charge in [-0.15, -0.1) is 0 Å². The Morgan fingerprint density at radius 1 is 0.822 bits per heavy atom. The maximum atomic E-state index is 14.5. The zero-order valence-electron chi connectivity index (χ0n) is 25.3. The Hall–Kier alpha value is -3.85. The first-order chi connectivity index (χ1) is 21.6.